The average Bonchev–Trinajstić information content (AvgIpc) is 2.28. The van der Waals surface area contributed by atoms with E-state index in [0.717, 1.165) is 10.9 Å². The minimum absolute atomic E-state index is 0. The molecule has 2 aromatic carbocycles. The van der Waals surface area contributed by atoms with Crippen molar-refractivity contribution >= 4 is 50.4 Å². The normalized spacial score (nSPS) is 10.9. The van der Waals surface area contributed by atoms with E-state index in [0.29, 0.717) is 11.8 Å². The summed E-state index contributed by atoms with van der Waals surface area (Å²) in [6.45, 7) is 3.67. The van der Waals surface area contributed by atoms with E-state index in [-0.39, 0.29) is 34.5 Å². The van der Waals surface area contributed by atoms with Crippen molar-refractivity contribution < 1.29 is 13.0 Å². The number of hydrogen-bond acceptors (Lipinski definition) is 2. The van der Waals surface area contributed by atoms with Gasteiger partial charge in [-0.2, -0.15) is 8.42 Å². The molecule has 0 atom stereocenters. The van der Waals surface area contributed by atoms with E-state index < -0.39 is 10.1 Å². The molecule has 18 heavy (non-hydrogen) atoms. The SMILES string of the molecule is C=CCc1ccc(S(=O)(=O)O)c2ccccc12.[NaH]. The van der Waals surface area contributed by atoms with Crippen LogP contribution in [0.5, 0.6) is 0 Å². The molecular weight excluding hydrogens is 259 g/mol. The van der Waals surface area contributed by atoms with Crippen molar-refractivity contribution in [1.82, 2.24) is 0 Å². The zero-order valence-corrected chi connectivity index (χ0v) is 9.94. The third kappa shape index (κ3) is 3.02. The van der Waals surface area contributed by atoms with Crippen LogP contribution in [0, 0.1) is 0 Å². The molecule has 0 saturated heterocycles. The van der Waals surface area contributed by atoms with Crippen LogP contribution in [0.25, 0.3) is 10.8 Å². The fourth-order valence-corrected chi connectivity index (χ4v) is 2.59. The van der Waals surface area contributed by atoms with Gasteiger partial charge in [-0.3, -0.25) is 4.55 Å². The first kappa shape index (κ1) is 15.4. The molecule has 0 spiro atoms. The molecule has 0 heterocycles. The van der Waals surface area contributed by atoms with Crippen molar-refractivity contribution in [2.45, 2.75) is 11.3 Å². The van der Waals surface area contributed by atoms with Crippen molar-refractivity contribution in [1.29, 1.82) is 0 Å². The molecule has 0 radical (unpaired) electrons. The fraction of sp³-hybridized carbons (Fsp3) is 0.0769. The van der Waals surface area contributed by atoms with Crippen LogP contribution in [-0.2, 0) is 16.5 Å². The molecule has 0 aliphatic heterocycles. The number of fused-ring (bicyclic) bond motifs is 1. The first-order valence-corrected chi connectivity index (χ1v) is 6.57. The Morgan fingerprint density at radius 2 is 1.72 bits per heavy atom. The molecule has 1 N–H and O–H groups in total. The van der Waals surface area contributed by atoms with Gasteiger partial charge in [-0.05, 0) is 23.4 Å². The molecule has 3 nitrogen and oxygen atoms in total. The Morgan fingerprint density at radius 1 is 1.11 bits per heavy atom. The van der Waals surface area contributed by atoms with Crippen LogP contribution < -0.4 is 0 Å². The second-order valence-corrected chi connectivity index (χ2v) is 5.13. The quantitative estimate of drug-likeness (QED) is 0.529. The molecule has 0 fully saturated rings. The van der Waals surface area contributed by atoms with Gasteiger partial charge in [0.05, 0.1) is 0 Å². The Bertz CT molecular complexity index is 678. The Labute approximate surface area is 129 Å². The molecule has 0 bridgehead atoms. The second-order valence-electron chi connectivity index (χ2n) is 3.74. The van der Waals surface area contributed by atoms with Gasteiger partial charge in [0.15, 0.2) is 0 Å². The van der Waals surface area contributed by atoms with Gasteiger partial charge in [0.25, 0.3) is 10.1 Å². The maximum absolute atomic E-state index is 11.3. The molecule has 5 heteroatoms. The van der Waals surface area contributed by atoms with E-state index >= 15 is 0 Å². The van der Waals surface area contributed by atoms with E-state index in [4.69, 9.17) is 4.55 Å². The van der Waals surface area contributed by atoms with Gasteiger partial charge >= 0.3 is 29.6 Å². The topological polar surface area (TPSA) is 54.4 Å². The summed E-state index contributed by atoms with van der Waals surface area (Å²) in [6, 6.07) is 10.2. The first-order valence-electron chi connectivity index (χ1n) is 5.13. The predicted octanol–water partition coefficient (Wildman–Crippen LogP) is 2.17. The summed E-state index contributed by atoms with van der Waals surface area (Å²) < 4.78 is 31.7. The molecule has 90 valence electrons. The van der Waals surface area contributed by atoms with Gasteiger partial charge < -0.3 is 0 Å². The van der Waals surface area contributed by atoms with Gasteiger partial charge in [0, 0.05) is 5.39 Å². The van der Waals surface area contributed by atoms with E-state index in [9.17, 15) is 8.42 Å². The summed E-state index contributed by atoms with van der Waals surface area (Å²) >= 11 is 0. The molecule has 0 aliphatic rings. The van der Waals surface area contributed by atoms with Crippen LogP contribution in [0.15, 0.2) is 53.9 Å². The van der Waals surface area contributed by atoms with Crippen molar-refractivity contribution in [3.8, 4) is 0 Å². The van der Waals surface area contributed by atoms with Crippen LogP contribution >= 0.6 is 0 Å². The third-order valence-corrected chi connectivity index (χ3v) is 3.53. The van der Waals surface area contributed by atoms with E-state index in [2.05, 4.69) is 6.58 Å². The summed E-state index contributed by atoms with van der Waals surface area (Å²) in [7, 11) is -4.19. The van der Waals surface area contributed by atoms with Gasteiger partial charge in [-0.25, -0.2) is 0 Å². The van der Waals surface area contributed by atoms with Crippen molar-refractivity contribution in [3.63, 3.8) is 0 Å². The molecule has 0 saturated carbocycles. The Balaban J connectivity index is 0.00000162. The molecule has 0 unspecified atom stereocenters. The maximum atomic E-state index is 11.3. The Kier molecular flexibility index (Phi) is 5.13. The van der Waals surface area contributed by atoms with Crippen molar-refractivity contribution in [2.24, 2.45) is 0 Å². The first-order chi connectivity index (χ1) is 8.04. The predicted molar refractivity (Wildman–Crippen MR) is 74.8 cm³/mol. The second kappa shape index (κ2) is 5.99. The number of hydrogen-bond donors (Lipinski definition) is 1. The minimum atomic E-state index is -4.19. The van der Waals surface area contributed by atoms with E-state index in [1.165, 1.54) is 6.07 Å². The number of allylic oxidation sites excluding steroid dienone is 1. The zero-order valence-electron chi connectivity index (χ0n) is 9.13. The molecule has 0 aromatic heterocycles. The molecular formula is C13H13NaO3S. The summed E-state index contributed by atoms with van der Waals surface area (Å²) in [5.74, 6) is 0. The molecule has 0 aliphatic carbocycles. The van der Waals surface area contributed by atoms with Gasteiger partial charge in [-0.15, -0.1) is 6.58 Å². The average molecular weight is 272 g/mol. The van der Waals surface area contributed by atoms with Crippen molar-refractivity contribution in [3.05, 3.63) is 54.6 Å². The fourth-order valence-electron chi connectivity index (χ4n) is 1.89. The summed E-state index contributed by atoms with van der Waals surface area (Å²) in [4.78, 5) is -0.0547. The van der Waals surface area contributed by atoms with Crippen LogP contribution in [0.4, 0.5) is 0 Å². The summed E-state index contributed by atoms with van der Waals surface area (Å²) in [6.07, 6.45) is 2.42. The monoisotopic (exact) mass is 272 g/mol. The van der Waals surface area contributed by atoms with Crippen molar-refractivity contribution in [2.75, 3.05) is 0 Å². The van der Waals surface area contributed by atoms with Crippen LogP contribution in [0.3, 0.4) is 0 Å². The van der Waals surface area contributed by atoms with Gasteiger partial charge in [0.1, 0.15) is 4.90 Å². The van der Waals surface area contributed by atoms with Gasteiger partial charge in [-0.1, -0.05) is 36.4 Å². The third-order valence-electron chi connectivity index (χ3n) is 2.62. The summed E-state index contributed by atoms with van der Waals surface area (Å²) in [5.41, 5.74) is 0.989. The van der Waals surface area contributed by atoms with Crippen LogP contribution in [-0.4, -0.2) is 42.5 Å². The molecule has 2 rings (SSSR count). The molecule has 2 aromatic rings. The number of rotatable bonds is 3. The summed E-state index contributed by atoms with van der Waals surface area (Å²) in [5, 5.41) is 1.36. The van der Waals surface area contributed by atoms with Crippen LogP contribution in [0.2, 0.25) is 0 Å². The molecule has 0 amide bonds. The van der Waals surface area contributed by atoms with E-state index in [1.54, 1.807) is 24.3 Å². The Morgan fingerprint density at radius 3 is 2.28 bits per heavy atom. The zero-order chi connectivity index (χ0) is 12.5. The Hall–Kier alpha value is -0.650. The number of benzene rings is 2. The van der Waals surface area contributed by atoms with Gasteiger partial charge in [0.2, 0.25) is 0 Å². The standard InChI is InChI=1S/C13H12O3S.Na.H/c1-2-5-10-8-9-13(17(14,15)16)12-7-4-3-6-11(10)12;;/h2-4,6-9H,1,5H2,(H,14,15,16);;. The van der Waals surface area contributed by atoms with E-state index in [1.807, 2.05) is 12.1 Å². The van der Waals surface area contributed by atoms with Crippen LogP contribution in [0.1, 0.15) is 5.56 Å².